The Morgan fingerprint density at radius 2 is 1.85 bits per heavy atom. The lowest BCUT2D eigenvalue weighted by Crippen LogP contribution is -2.35. The number of anilines is 2. The molecule has 0 unspecified atom stereocenters. The minimum atomic E-state index is -4.54. The molecule has 9 nitrogen and oxygen atoms in total. The molecule has 1 aliphatic heterocycles. The highest BCUT2D eigenvalue weighted by Crippen LogP contribution is 2.36. The number of halogens is 4. The first-order valence-corrected chi connectivity index (χ1v) is 15.5. The van der Waals surface area contributed by atoms with Gasteiger partial charge >= 0.3 is 6.18 Å². The second-order valence-corrected chi connectivity index (χ2v) is 13.5. The smallest absolute Gasteiger partial charge is 0.422 e. The third-order valence-corrected chi connectivity index (χ3v) is 7.92. The van der Waals surface area contributed by atoms with Crippen LogP contribution in [0.15, 0.2) is 48.8 Å². The maximum absolute atomic E-state index is 14.7. The zero-order chi connectivity index (χ0) is 29.4. The van der Waals surface area contributed by atoms with E-state index >= 15 is 0 Å². The maximum atomic E-state index is 14.7. The van der Waals surface area contributed by atoms with Crippen LogP contribution in [0.4, 0.5) is 29.2 Å². The van der Waals surface area contributed by atoms with E-state index in [1.165, 1.54) is 29.1 Å². The number of ether oxygens (including phenoxy) is 2. The van der Waals surface area contributed by atoms with Gasteiger partial charge in [0, 0.05) is 37.2 Å². The van der Waals surface area contributed by atoms with E-state index in [0.29, 0.717) is 16.9 Å². The summed E-state index contributed by atoms with van der Waals surface area (Å²) in [6, 6.07) is 9.50. The van der Waals surface area contributed by atoms with Gasteiger partial charge in [-0.2, -0.15) is 18.2 Å². The summed E-state index contributed by atoms with van der Waals surface area (Å²) < 4.78 is 78.8. The minimum absolute atomic E-state index is 0.0652. The van der Waals surface area contributed by atoms with Crippen molar-refractivity contribution < 1.29 is 31.6 Å². The quantitative estimate of drug-likeness (QED) is 0.216. The number of hydrogen-bond donors (Lipinski definition) is 1. The zero-order valence-electron chi connectivity index (χ0n) is 22.7. The largest absolute Gasteiger partial charge is 0.486 e. The van der Waals surface area contributed by atoms with E-state index < -0.39 is 25.7 Å². The summed E-state index contributed by atoms with van der Waals surface area (Å²) in [5.74, 6) is -0.0603. The molecule has 4 aromatic rings. The number of hydrogen-bond acceptors (Lipinski definition) is 8. The lowest BCUT2D eigenvalue weighted by atomic mass is 10.1. The van der Waals surface area contributed by atoms with Gasteiger partial charge in [0.2, 0.25) is 5.95 Å². The van der Waals surface area contributed by atoms with Crippen molar-refractivity contribution in [2.75, 3.05) is 45.4 Å². The van der Waals surface area contributed by atoms with Gasteiger partial charge in [-0.05, 0) is 57.5 Å². The molecule has 0 amide bonds. The molecule has 3 aromatic heterocycles. The summed E-state index contributed by atoms with van der Waals surface area (Å²) in [6.45, 7) is 3.34. The highest BCUT2D eigenvalue weighted by Gasteiger charge is 2.29. The van der Waals surface area contributed by atoms with Crippen LogP contribution in [0.25, 0.3) is 16.9 Å². The van der Waals surface area contributed by atoms with Crippen LogP contribution in [0.5, 0.6) is 11.5 Å². The van der Waals surface area contributed by atoms with Crippen molar-refractivity contribution >= 4 is 35.2 Å². The van der Waals surface area contributed by atoms with Crippen molar-refractivity contribution in [3.05, 3.63) is 54.6 Å². The van der Waals surface area contributed by atoms with Crippen LogP contribution >= 0.6 is 7.14 Å². The molecule has 1 fully saturated rings. The Kier molecular flexibility index (Phi) is 7.93. The lowest BCUT2D eigenvalue weighted by Gasteiger charge is -2.30. The molecule has 0 radical (unpaired) electrons. The number of fused-ring (bicyclic) bond motifs is 1. The first kappa shape index (κ1) is 28.8. The number of piperidine rings is 1. The standard InChI is InChI=1S/C27H29F4N6O3P/c1-36-11-9-18(10-12-36)40-21-8-7-17(13-22(21)39-16-27(29,30)31)33-26-32-14-19-20(28)15-37(25(19)35-26)23-5-4-6-24(34-23)41(2,3)38/h4-8,13-15,18H,9-12,16H2,1-3H3,(H,32,33,35). The van der Waals surface area contributed by atoms with Gasteiger partial charge in [-0.25, -0.2) is 14.4 Å². The van der Waals surface area contributed by atoms with E-state index in [4.69, 9.17) is 9.47 Å². The Morgan fingerprint density at radius 3 is 2.56 bits per heavy atom. The van der Waals surface area contributed by atoms with Crippen LogP contribution in [-0.4, -0.2) is 76.8 Å². The van der Waals surface area contributed by atoms with E-state index in [9.17, 15) is 22.1 Å². The van der Waals surface area contributed by atoms with Gasteiger partial charge in [0.25, 0.3) is 0 Å². The summed E-state index contributed by atoms with van der Waals surface area (Å²) in [7, 11) is -0.671. The second-order valence-electron chi connectivity index (χ2n) is 10.3. The van der Waals surface area contributed by atoms with Crippen LogP contribution in [0.3, 0.4) is 0 Å². The van der Waals surface area contributed by atoms with E-state index in [1.54, 1.807) is 37.6 Å². The fraction of sp³-hybridized carbons (Fsp3) is 0.370. The summed E-state index contributed by atoms with van der Waals surface area (Å²) in [5.41, 5.74) is 0.926. The van der Waals surface area contributed by atoms with Gasteiger partial charge in [0.05, 0.1) is 5.39 Å². The number of rotatable bonds is 8. The molecule has 1 N–H and O–H groups in total. The Hall–Kier alpha value is -3.70. The summed E-state index contributed by atoms with van der Waals surface area (Å²) in [6.07, 6.45) is -0.691. The number of aromatic nitrogens is 4. The SMILES string of the molecule is CN1CCC(Oc2ccc(Nc3ncc4c(F)cn(-c5cccc(P(C)(C)=O)n5)c4n3)cc2OCC(F)(F)F)CC1. The van der Waals surface area contributed by atoms with E-state index in [0.717, 1.165) is 25.9 Å². The Labute approximate surface area is 233 Å². The first-order chi connectivity index (χ1) is 19.4. The molecule has 1 aromatic carbocycles. The lowest BCUT2D eigenvalue weighted by molar-refractivity contribution is -0.153. The molecular weight excluding hydrogens is 563 g/mol. The number of nitrogens with zero attached hydrogens (tertiary/aromatic N) is 5. The van der Waals surface area contributed by atoms with Gasteiger partial charge in [-0.3, -0.25) is 4.57 Å². The minimum Gasteiger partial charge on any atom is -0.486 e. The molecule has 1 saturated heterocycles. The third-order valence-electron chi connectivity index (χ3n) is 6.57. The Balaban J connectivity index is 1.44. The van der Waals surface area contributed by atoms with E-state index in [1.807, 2.05) is 7.05 Å². The maximum Gasteiger partial charge on any atom is 0.422 e. The van der Waals surface area contributed by atoms with Crippen LogP contribution in [0, 0.1) is 5.82 Å². The fourth-order valence-corrected chi connectivity index (χ4v) is 5.21. The Morgan fingerprint density at radius 1 is 1.10 bits per heavy atom. The van der Waals surface area contributed by atoms with Crippen LogP contribution in [0.2, 0.25) is 0 Å². The fourth-order valence-electron chi connectivity index (χ4n) is 4.42. The van der Waals surface area contributed by atoms with E-state index in [2.05, 4.69) is 25.2 Å². The number of pyridine rings is 1. The monoisotopic (exact) mass is 592 g/mol. The zero-order valence-corrected chi connectivity index (χ0v) is 23.5. The Bertz CT molecular complexity index is 1600. The molecule has 0 saturated carbocycles. The molecule has 41 heavy (non-hydrogen) atoms. The number of alkyl halides is 3. The average Bonchev–Trinajstić information content (AvgIpc) is 3.24. The second kappa shape index (κ2) is 11.3. The molecule has 1 aliphatic rings. The summed E-state index contributed by atoms with van der Waals surface area (Å²) in [5, 5.41) is 3.08. The van der Waals surface area contributed by atoms with Crippen LogP contribution in [0.1, 0.15) is 12.8 Å². The van der Waals surface area contributed by atoms with Crippen molar-refractivity contribution in [3.63, 3.8) is 0 Å². The highest BCUT2D eigenvalue weighted by molar-refractivity contribution is 7.69. The number of likely N-dealkylation sites (tertiary alicyclic amines) is 1. The topological polar surface area (TPSA) is 94.4 Å². The molecule has 218 valence electrons. The molecule has 5 rings (SSSR count). The molecule has 14 heteroatoms. The van der Waals surface area contributed by atoms with Crippen LogP contribution < -0.4 is 20.2 Å². The number of benzene rings is 1. The molecule has 0 aliphatic carbocycles. The molecule has 0 atom stereocenters. The van der Waals surface area contributed by atoms with Gasteiger partial charge in [0.15, 0.2) is 29.6 Å². The van der Waals surface area contributed by atoms with Crippen molar-refractivity contribution in [2.45, 2.75) is 25.1 Å². The van der Waals surface area contributed by atoms with Crippen molar-refractivity contribution in [1.29, 1.82) is 0 Å². The van der Waals surface area contributed by atoms with Crippen LogP contribution in [-0.2, 0) is 4.57 Å². The molecule has 0 spiro atoms. The van der Waals surface area contributed by atoms with Gasteiger partial charge in [-0.1, -0.05) is 6.07 Å². The molecular formula is C27H29F4N6O3P. The summed E-state index contributed by atoms with van der Waals surface area (Å²) >= 11 is 0. The first-order valence-electron chi connectivity index (χ1n) is 12.9. The average molecular weight is 593 g/mol. The van der Waals surface area contributed by atoms with Gasteiger partial charge in [-0.15, -0.1) is 0 Å². The molecule has 0 bridgehead atoms. The van der Waals surface area contributed by atoms with E-state index in [-0.39, 0.29) is 34.6 Å². The van der Waals surface area contributed by atoms with Crippen molar-refractivity contribution in [1.82, 2.24) is 24.4 Å². The predicted octanol–water partition coefficient (Wildman–Crippen LogP) is 5.36. The number of nitrogens with one attached hydrogen (secondary N) is 1. The van der Waals surface area contributed by atoms with Crippen molar-refractivity contribution in [3.8, 4) is 17.3 Å². The van der Waals surface area contributed by atoms with Gasteiger partial charge < -0.3 is 24.3 Å². The third kappa shape index (κ3) is 6.97. The van der Waals surface area contributed by atoms with Crippen molar-refractivity contribution in [2.24, 2.45) is 0 Å². The summed E-state index contributed by atoms with van der Waals surface area (Å²) in [4.78, 5) is 15.2. The predicted molar refractivity (Wildman–Crippen MR) is 148 cm³/mol. The molecule has 4 heterocycles. The van der Waals surface area contributed by atoms with Gasteiger partial charge in [0.1, 0.15) is 24.5 Å². The highest BCUT2D eigenvalue weighted by atomic mass is 31.2. The normalized spacial score (nSPS) is 15.3.